The third-order valence-electron chi connectivity index (χ3n) is 5.45. The number of carbonyl (C=O) groups excluding carboxylic acids is 1. The Bertz CT molecular complexity index is 1390. The Balaban J connectivity index is 1.58. The second-order valence-corrected chi connectivity index (χ2v) is 8.98. The normalized spacial score (nSPS) is 15.9. The minimum absolute atomic E-state index is 0.129. The summed E-state index contributed by atoms with van der Waals surface area (Å²) >= 11 is 1.37. The van der Waals surface area contributed by atoms with Gasteiger partial charge in [0.05, 0.1) is 16.3 Å². The van der Waals surface area contributed by atoms with Crippen molar-refractivity contribution in [3.63, 3.8) is 0 Å². The fraction of sp³-hybridized carbons (Fsp3) is 0.0714. The average Bonchev–Trinajstić information content (AvgIpc) is 3.33. The van der Waals surface area contributed by atoms with Crippen molar-refractivity contribution >= 4 is 34.6 Å². The number of carbonyl (C=O) groups is 1. The number of benzene rings is 3. The van der Waals surface area contributed by atoms with Gasteiger partial charge in [-0.3, -0.25) is 4.79 Å². The van der Waals surface area contributed by atoms with Crippen LogP contribution in [0.2, 0.25) is 0 Å². The molecule has 2 heterocycles. The van der Waals surface area contributed by atoms with Crippen molar-refractivity contribution in [2.24, 2.45) is 4.99 Å². The van der Waals surface area contributed by atoms with Crippen LogP contribution in [0.4, 0.5) is 5.69 Å². The van der Waals surface area contributed by atoms with Gasteiger partial charge in [-0.1, -0.05) is 60.7 Å². The molecule has 0 aliphatic carbocycles. The second-order valence-electron chi connectivity index (χ2n) is 7.95. The summed E-state index contributed by atoms with van der Waals surface area (Å²) in [6.07, 6.45) is 1.97. The van der Waals surface area contributed by atoms with Crippen molar-refractivity contribution in [1.29, 1.82) is 0 Å². The predicted octanol–water partition coefficient (Wildman–Crippen LogP) is 6.65. The zero-order chi connectivity index (χ0) is 22.8. The van der Waals surface area contributed by atoms with Gasteiger partial charge in [-0.2, -0.15) is 0 Å². The number of aliphatic imine (C=N–C) groups is 1. The molecule has 1 amide bonds. The van der Waals surface area contributed by atoms with Gasteiger partial charge in [0.2, 0.25) is 0 Å². The van der Waals surface area contributed by atoms with Crippen LogP contribution in [0.15, 0.2) is 101 Å². The lowest BCUT2D eigenvalue weighted by Gasteiger charge is -2.13. The average molecular weight is 450 g/mol. The van der Waals surface area contributed by atoms with Gasteiger partial charge >= 0.3 is 0 Å². The Labute approximate surface area is 197 Å². The van der Waals surface area contributed by atoms with Crippen molar-refractivity contribution in [2.75, 3.05) is 0 Å². The van der Waals surface area contributed by atoms with Crippen LogP contribution >= 0.6 is 11.8 Å². The molecule has 4 nitrogen and oxygen atoms in total. The van der Waals surface area contributed by atoms with Gasteiger partial charge in [0.1, 0.15) is 0 Å². The number of hydrogen-bond donors (Lipinski definition) is 1. The molecular weight excluding hydrogens is 426 g/mol. The number of hydrogen-bond acceptors (Lipinski definition) is 3. The third kappa shape index (κ3) is 4.41. The van der Waals surface area contributed by atoms with Gasteiger partial charge < -0.3 is 9.88 Å². The van der Waals surface area contributed by atoms with Crippen molar-refractivity contribution in [3.8, 4) is 16.9 Å². The van der Waals surface area contributed by atoms with Crippen LogP contribution in [-0.4, -0.2) is 15.6 Å². The molecule has 4 aromatic rings. The van der Waals surface area contributed by atoms with Gasteiger partial charge in [-0.05, 0) is 73.1 Å². The largest absolute Gasteiger partial charge is 0.313 e. The molecule has 0 atom stereocenters. The minimum Gasteiger partial charge on any atom is -0.313 e. The molecule has 0 bridgehead atoms. The molecule has 1 fully saturated rings. The predicted molar refractivity (Wildman–Crippen MR) is 138 cm³/mol. The van der Waals surface area contributed by atoms with Crippen LogP contribution in [0.3, 0.4) is 0 Å². The van der Waals surface area contributed by atoms with Crippen LogP contribution < -0.4 is 5.32 Å². The minimum atomic E-state index is -0.129. The van der Waals surface area contributed by atoms with E-state index in [9.17, 15) is 4.79 Å². The van der Waals surface area contributed by atoms with Crippen molar-refractivity contribution < 1.29 is 4.79 Å². The fourth-order valence-corrected chi connectivity index (χ4v) is 4.84. The number of nitrogens with zero attached hydrogens (tertiary/aromatic N) is 2. The number of nitrogens with one attached hydrogen (secondary N) is 1. The number of aryl methyl sites for hydroxylation is 2. The maximum atomic E-state index is 12.8. The van der Waals surface area contributed by atoms with E-state index in [1.165, 1.54) is 11.8 Å². The maximum absolute atomic E-state index is 12.8. The van der Waals surface area contributed by atoms with Crippen molar-refractivity contribution in [3.05, 3.63) is 113 Å². The monoisotopic (exact) mass is 449 g/mol. The maximum Gasteiger partial charge on any atom is 0.264 e. The van der Waals surface area contributed by atoms with Crippen LogP contribution in [0.25, 0.3) is 23.0 Å². The van der Waals surface area contributed by atoms with E-state index in [1.54, 1.807) is 0 Å². The number of aromatic nitrogens is 1. The first-order valence-electron chi connectivity index (χ1n) is 10.8. The van der Waals surface area contributed by atoms with Crippen LogP contribution in [0.1, 0.15) is 16.8 Å². The summed E-state index contributed by atoms with van der Waals surface area (Å²) in [6.45, 7) is 4.12. The quantitative estimate of drug-likeness (QED) is 0.354. The first-order chi connectivity index (χ1) is 16.1. The third-order valence-corrected chi connectivity index (χ3v) is 6.36. The Morgan fingerprint density at radius 2 is 1.61 bits per heavy atom. The topological polar surface area (TPSA) is 46.4 Å². The summed E-state index contributed by atoms with van der Waals surface area (Å²) in [5.41, 5.74) is 7.30. The summed E-state index contributed by atoms with van der Waals surface area (Å²) in [5, 5.41) is 3.50. The molecule has 1 aliphatic rings. The highest BCUT2D eigenvalue weighted by molar-refractivity contribution is 8.18. The molecular formula is C28H23N3OS. The molecule has 33 heavy (non-hydrogen) atoms. The lowest BCUT2D eigenvalue weighted by atomic mass is 10.1. The summed E-state index contributed by atoms with van der Waals surface area (Å²) in [4.78, 5) is 18.0. The van der Waals surface area contributed by atoms with E-state index in [2.05, 4.69) is 52.1 Å². The van der Waals surface area contributed by atoms with E-state index >= 15 is 0 Å². The highest BCUT2D eigenvalue weighted by Crippen LogP contribution is 2.35. The molecule has 0 spiro atoms. The van der Waals surface area contributed by atoms with Gasteiger partial charge in [0.25, 0.3) is 5.91 Å². The van der Waals surface area contributed by atoms with E-state index in [0.29, 0.717) is 10.1 Å². The van der Waals surface area contributed by atoms with Crippen molar-refractivity contribution in [1.82, 2.24) is 9.88 Å². The Morgan fingerprint density at radius 3 is 2.33 bits per heavy atom. The number of rotatable bonds is 4. The molecule has 5 heteroatoms. The SMILES string of the molecule is Cc1cccc(N=C2NC(=O)/C(=C/c3cc(C)n(-c4ccccc4)c3-c3ccccc3)S2)c1. The highest BCUT2D eigenvalue weighted by Gasteiger charge is 2.25. The van der Waals surface area contributed by atoms with E-state index in [-0.39, 0.29) is 5.91 Å². The number of thioether (sulfide) groups is 1. The molecule has 0 saturated carbocycles. The fourth-order valence-electron chi connectivity index (χ4n) is 4.01. The summed E-state index contributed by atoms with van der Waals surface area (Å²) < 4.78 is 2.24. The molecule has 3 aromatic carbocycles. The van der Waals surface area contributed by atoms with Gasteiger partial charge in [0.15, 0.2) is 5.17 Å². The first-order valence-corrected chi connectivity index (χ1v) is 11.6. The van der Waals surface area contributed by atoms with Crippen molar-refractivity contribution in [2.45, 2.75) is 13.8 Å². The standard InChI is InChI=1S/C28H23N3OS/c1-19-10-9-13-23(16-19)29-28-30-27(32)25(33-28)18-22-17-20(2)31(24-14-7-4-8-15-24)26(22)21-11-5-3-6-12-21/h3-18H,1-2H3,(H,29,30,32)/b25-18-. The molecule has 1 saturated heterocycles. The molecule has 0 radical (unpaired) electrons. The molecule has 162 valence electrons. The lowest BCUT2D eigenvalue weighted by molar-refractivity contribution is -0.115. The molecule has 1 aliphatic heterocycles. The van der Waals surface area contributed by atoms with E-state index < -0.39 is 0 Å². The summed E-state index contributed by atoms with van der Waals surface area (Å²) in [5.74, 6) is -0.129. The summed E-state index contributed by atoms with van der Waals surface area (Å²) in [7, 11) is 0. The smallest absolute Gasteiger partial charge is 0.264 e. The second kappa shape index (κ2) is 8.96. The van der Waals surface area contributed by atoms with Gasteiger partial charge in [-0.15, -0.1) is 0 Å². The van der Waals surface area contributed by atoms with Gasteiger partial charge in [0, 0.05) is 16.9 Å². The number of amidine groups is 1. The van der Waals surface area contributed by atoms with E-state index in [0.717, 1.165) is 39.5 Å². The molecule has 1 aromatic heterocycles. The zero-order valence-electron chi connectivity index (χ0n) is 18.4. The van der Waals surface area contributed by atoms with Crippen LogP contribution in [0, 0.1) is 13.8 Å². The Morgan fingerprint density at radius 1 is 0.879 bits per heavy atom. The number of para-hydroxylation sites is 1. The first kappa shape index (κ1) is 21.0. The molecule has 0 unspecified atom stereocenters. The van der Waals surface area contributed by atoms with Crippen LogP contribution in [0.5, 0.6) is 0 Å². The molecule has 5 rings (SSSR count). The van der Waals surface area contributed by atoms with Crippen LogP contribution in [-0.2, 0) is 4.79 Å². The number of amides is 1. The van der Waals surface area contributed by atoms with E-state index in [1.807, 2.05) is 73.7 Å². The van der Waals surface area contributed by atoms with E-state index in [4.69, 9.17) is 0 Å². The lowest BCUT2D eigenvalue weighted by Crippen LogP contribution is -2.19. The van der Waals surface area contributed by atoms with Gasteiger partial charge in [-0.25, -0.2) is 4.99 Å². The highest BCUT2D eigenvalue weighted by atomic mass is 32.2. The Kier molecular flexibility index (Phi) is 5.71. The zero-order valence-corrected chi connectivity index (χ0v) is 19.3. The molecule has 1 N–H and O–H groups in total. The Hall–Kier alpha value is -3.83. The summed E-state index contributed by atoms with van der Waals surface area (Å²) in [6, 6.07) is 30.6.